The van der Waals surface area contributed by atoms with Gasteiger partial charge in [0.1, 0.15) is 0 Å². The highest BCUT2D eigenvalue weighted by atomic mass is 35.5. The van der Waals surface area contributed by atoms with Crippen molar-refractivity contribution >= 4 is 23.5 Å². The van der Waals surface area contributed by atoms with E-state index >= 15 is 0 Å². The summed E-state index contributed by atoms with van der Waals surface area (Å²) >= 11 is 6.27. The van der Waals surface area contributed by atoms with E-state index in [4.69, 9.17) is 11.6 Å². The lowest BCUT2D eigenvalue weighted by molar-refractivity contribution is 0.0246. The van der Waals surface area contributed by atoms with Crippen molar-refractivity contribution in [2.24, 2.45) is 0 Å². The molecular weight excluding hydrogens is 420 g/mol. The first kappa shape index (κ1) is 23.1. The minimum atomic E-state index is -0.911. The topological polar surface area (TPSA) is 105 Å². The van der Waals surface area contributed by atoms with Crippen LogP contribution in [-0.4, -0.2) is 45.4 Å². The molecule has 1 aromatic carbocycles. The zero-order chi connectivity index (χ0) is 22.8. The van der Waals surface area contributed by atoms with Crippen LogP contribution in [-0.2, 0) is 0 Å². The number of halogens is 1. The van der Waals surface area contributed by atoms with E-state index in [0.717, 1.165) is 30.3 Å². The third-order valence-electron chi connectivity index (χ3n) is 6.06. The SMILES string of the molecule is CNC(=O)n1c(C)c(C)n(-c2ccc(Cl)c(C(=O)NCC3(O)CCCCCC3)c2)c1=O. The molecule has 0 bridgehead atoms. The molecule has 0 spiro atoms. The van der Waals surface area contributed by atoms with Gasteiger partial charge in [-0.05, 0) is 44.9 Å². The first-order valence-electron chi connectivity index (χ1n) is 10.5. The average molecular weight is 449 g/mol. The molecule has 0 radical (unpaired) electrons. The highest BCUT2D eigenvalue weighted by Gasteiger charge is 2.29. The van der Waals surface area contributed by atoms with E-state index in [2.05, 4.69) is 10.6 Å². The van der Waals surface area contributed by atoms with E-state index in [1.165, 1.54) is 17.7 Å². The summed E-state index contributed by atoms with van der Waals surface area (Å²) < 4.78 is 2.42. The van der Waals surface area contributed by atoms with Gasteiger partial charge in [-0.3, -0.25) is 9.36 Å². The van der Waals surface area contributed by atoms with E-state index in [9.17, 15) is 19.5 Å². The number of nitrogens with one attached hydrogen (secondary N) is 2. The molecule has 1 fully saturated rings. The molecule has 168 valence electrons. The number of aromatic nitrogens is 2. The largest absolute Gasteiger partial charge is 0.388 e. The summed E-state index contributed by atoms with van der Waals surface area (Å²) in [5.41, 5.74) is 0.266. The number of carbonyl (C=O) groups is 2. The monoisotopic (exact) mass is 448 g/mol. The molecule has 0 saturated heterocycles. The second-order valence-electron chi connectivity index (χ2n) is 8.16. The van der Waals surface area contributed by atoms with Crippen LogP contribution in [0.15, 0.2) is 23.0 Å². The summed E-state index contributed by atoms with van der Waals surface area (Å²) in [6.07, 6.45) is 5.36. The summed E-state index contributed by atoms with van der Waals surface area (Å²) in [5, 5.41) is 16.3. The van der Waals surface area contributed by atoms with E-state index < -0.39 is 23.2 Å². The minimum absolute atomic E-state index is 0.150. The predicted octanol–water partition coefficient (Wildman–Crippen LogP) is 2.91. The standard InChI is InChI=1S/C22H29ClN4O4/c1-14-15(2)27(20(29)24-3)21(30)26(14)16-8-9-18(23)17(12-16)19(28)25-13-22(31)10-6-4-5-7-11-22/h8-9,12,31H,4-7,10-11,13H2,1-3H3,(H,24,29)(H,25,28). The fourth-order valence-corrected chi connectivity index (χ4v) is 4.30. The lowest BCUT2D eigenvalue weighted by Crippen LogP contribution is -2.42. The van der Waals surface area contributed by atoms with Crippen LogP contribution in [0, 0.1) is 13.8 Å². The Morgan fingerprint density at radius 1 is 1.13 bits per heavy atom. The van der Waals surface area contributed by atoms with E-state index in [1.807, 2.05) is 0 Å². The number of hydrogen-bond donors (Lipinski definition) is 3. The van der Waals surface area contributed by atoms with Crippen molar-refractivity contribution in [2.45, 2.75) is 58.0 Å². The van der Waals surface area contributed by atoms with Crippen molar-refractivity contribution < 1.29 is 14.7 Å². The average Bonchev–Trinajstić information content (AvgIpc) is 2.89. The molecule has 1 aliphatic carbocycles. The Morgan fingerprint density at radius 3 is 2.39 bits per heavy atom. The van der Waals surface area contributed by atoms with Gasteiger partial charge < -0.3 is 15.7 Å². The summed E-state index contributed by atoms with van der Waals surface area (Å²) in [5.74, 6) is -0.419. The Kier molecular flexibility index (Phi) is 6.91. The van der Waals surface area contributed by atoms with Gasteiger partial charge in [-0.2, -0.15) is 0 Å². The Labute approximate surface area is 186 Å². The number of amides is 2. The lowest BCUT2D eigenvalue weighted by Gasteiger charge is -2.27. The van der Waals surface area contributed by atoms with Gasteiger partial charge in [-0.25, -0.2) is 14.2 Å². The predicted molar refractivity (Wildman–Crippen MR) is 119 cm³/mol. The molecule has 0 unspecified atom stereocenters. The van der Waals surface area contributed by atoms with Crippen LogP contribution in [0.25, 0.3) is 5.69 Å². The maximum Gasteiger partial charge on any atom is 0.341 e. The van der Waals surface area contributed by atoms with Gasteiger partial charge in [-0.1, -0.05) is 37.3 Å². The summed E-state index contributed by atoms with van der Waals surface area (Å²) in [6.45, 7) is 3.56. The van der Waals surface area contributed by atoms with Gasteiger partial charge in [0, 0.05) is 25.0 Å². The number of nitrogens with zero attached hydrogens (tertiary/aromatic N) is 2. The first-order valence-corrected chi connectivity index (χ1v) is 10.9. The molecular formula is C22H29ClN4O4. The second kappa shape index (κ2) is 9.28. The lowest BCUT2D eigenvalue weighted by atomic mass is 9.94. The smallest absolute Gasteiger partial charge is 0.341 e. The molecule has 3 N–H and O–H groups in total. The van der Waals surface area contributed by atoms with E-state index in [-0.39, 0.29) is 17.1 Å². The molecule has 1 saturated carbocycles. The fraction of sp³-hybridized carbons (Fsp3) is 0.500. The summed E-state index contributed by atoms with van der Waals surface area (Å²) in [6, 6.07) is 4.16. The van der Waals surface area contributed by atoms with Gasteiger partial charge in [0.15, 0.2) is 0 Å². The molecule has 31 heavy (non-hydrogen) atoms. The van der Waals surface area contributed by atoms with E-state index in [0.29, 0.717) is 29.9 Å². The number of carbonyl (C=O) groups excluding carboxylic acids is 2. The molecule has 1 aromatic heterocycles. The van der Waals surface area contributed by atoms with Crippen LogP contribution in [0.1, 0.15) is 60.3 Å². The van der Waals surface area contributed by atoms with Crippen LogP contribution in [0.2, 0.25) is 5.02 Å². The number of rotatable bonds is 4. The number of benzene rings is 1. The Bertz CT molecular complexity index is 1050. The van der Waals surface area contributed by atoms with Gasteiger partial charge in [0.05, 0.1) is 21.9 Å². The summed E-state index contributed by atoms with van der Waals surface area (Å²) in [4.78, 5) is 37.8. The van der Waals surface area contributed by atoms with Crippen LogP contribution in [0.3, 0.4) is 0 Å². The van der Waals surface area contributed by atoms with Crippen molar-refractivity contribution in [3.8, 4) is 5.69 Å². The van der Waals surface area contributed by atoms with E-state index in [1.54, 1.807) is 26.0 Å². The van der Waals surface area contributed by atoms with Crippen molar-refractivity contribution in [1.82, 2.24) is 19.8 Å². The molecule has 2 aromatic rings. The van der Waals surface area contributed by atoms with Crippen molar-refractivity contribution in [2.75, 3.05) is 13.6 Å². The third kappa shape index (κ3) is 4.70. The first-order chi connectivity index (χ1) is 14.7. The Balaban J connectivity index is 1.90. The normalized spacial score (nSPS) is 15.9. The van der Waals surface area contributed by atoms with Crippen LogP contribution >= 0.6 is 11.6 Å². The molecule has 0 aliphatic heterocycles. The third-order valence-corrected chi connectivity index (χ3v) is 6.39. The fourth-order valence-electron chi connectivity index (χ4n) is 4.10. The van der Waals surface area contributed by atoms with Crippen LogP contribution < -0.4 is 16.3 Å². The molecule has 1 aliphatic rings. The molecule has 2 amide bonds. The van der Waals surface area contributed by atoms with Gasteiger partial charge in [0.25, 0.3) is 5.91 Å². The molecule has 0 atom stereocenters. The summed E-state index contributed by atoms with van der Waals surface area (Å²) in [7, 11) is 1.45. The molecule has 9 heteroatoms. The van der Waals surface area contributed by atoms with Gasteiger partial charge in [-0.15, -0.1) is 0 Å². The molecule has 8 nitrogen and oxygen atoms in total. The minimum Gasteiger partial charge on any atom is -0.388 e. The highest BCUT2D eigenvalue weighted by Crippen LogP contribution is 2.27. The number of hydrogen-bond acceptors (Lipinski definition) is 4. The second-order valence-corrected chi connectivity index (χ2v) is 8.57. The Morgan fingerprint density at radius 2 is 1.77 bits per heavy atom. The Hall–Kier alpha value is -2.58. The maximum atomic E-state index is 12.9. The number of imidazole rings is 1. The zero-order valence-electron chi connectivity index (χ0n) is 18.1. The van der Waals surface area contributed by atoms with Gasteiger partial charge in [0.2, 0.25) is 0 Å². The van der Waals surface area contributed by atoms with Crippen LogP contribution in [0.5, 0.6) is 0 Å². The molecule has 1 heterocycles. The zero-order valence-corrected chi connectivity index (χ0v) is 18.9. The quantitative estimate of drug-likeness (QED) is 0.625. The van der Waals surface area contributed by atoms with Crippen molar-refractivity contribution in [1.29, 1.82) is 0 Å². The van der Waals surface area contributed by atoms with Gasteiger partial charge >= 0.3 is 11.7 Å². The van der Waals surface area contributed by atoms with Crippen molar-refractivity contribution in [3.05, 3.63) is 50.7 Å². The maximum absolute atomic E-state index is 12.9. The highest BCUT2D eigenvalue weighted by molar-refractivity contribution is 6.33. The van der Waals surface area contributed by atoms with Crippen LogP contribution in [0.4, 0.5) is 4.79 Å². The number of aliphatic hydroxyl groups is 1. The molecule has 3 rings (SSSR count). The van der Waals surface area contributed by atoms with Crippen molar-refractivity contribution in [3.63, 3.8) is 0 Å².